The van der Waals surface area contributed by atoms with Crippen LogP contribution in [0, 0.1) is 0 Å². The smallest absolute Gasteiger partial charge is 0.432 e. The first-order valence-electron chi connectivity index (χ1n) is 9.81. The molecule has 0 aliphatic rings. The van der Waals surface area contributed by atoms with Crippen LogP contribution in [0.5, 0.6) is 5.75 Å². The zero-order chi connectivity index (χ0) is 24.2. The Morgan fingerprint density at radius 3 is 2.30 bits per heavy atom. The standard InChI is InChI=1S/C23H21F3N2O5/c1-3-33-20(29)22(31,23(24,25)26)16-9-11-18(19(13-16)32-2)28-21(30)27-17-10-8-14-6-4-5-7-15(14)12-17/h4-13,31H,3H2,1-2H3,(H2,27,28,30)/t22-/m0/s1. The number of alkyl halides is 3. The Kier molecular flexibility index (Phi) is 6.78. The fourth-order valence-electron chi connectivity index (χ4n) is 3.20. The second-order valence-electron chi connectivity index (χ2n) is 6.98. The summed E-state index contributed by atoms with van der Waals surface area (Å²) in [5.74, 6) is -2.07. The molecule has 33 heavy (non-hydrogen) atoms. The monoisotopic (exact) mass is 462 g/mol. The van der Waals surface area contributed by atoms with Gasteiger partial charge in [-0.15, -0.1) is 0 Å². The third-order valence-electron chi connectivity index (χ3n) is 4.86. The molecule has 0 saturated heterocycles. The Morgan fingerprint density at radius 2 is 1.67 bits per heavy atom. The van der Waals surface area contributed by atoms with Crippen molar-refractivity contribution < 1.29 is 37.3 Å². The summed E-state index contributed by atoms with van der Waals surface area (Å²) >= 11 is 0. The van der Waals surface area contributed by atoms with Crippen molar-refractivity contribution in [3.05, 3.63) is 66.2 Å². The van der Waals surface area contributed by atoms with Gasteiger partial charge in [-0.05, 0) is 42.0 Å². The molecule has 3 rings (SSSR count). The predicted molar refractivity (Wildman–Crippen MR) is 116 cm³/mol. The van der Waals surface area contributed by atoms with Gasteiger partial charge in [-0.1, -0.05) is 36.4 Å². The van der Waals surface area contributed by atoms with E-state index < -0.39 is 29.3 Å². The van der Waals surface area contributed by atoms with E-state index in [-0.39, 0.29) is 18.0 Å². The van der Waals surface area contributed by atoms with Gasteiger partial charge in [-0.25, -0.2) is 9.59 Å². The van der Waals surface area contributed by atoms with Gasteiger partial charge >= 0.3 is 18.2 Å². The molecule has 0 saturated carbocycles. The lowest BCUT2D eigenvalue weighted by molar-refractivity contribution is -0.267. The van der Waals surface area contributed by atoms with Crippen LogP contribution >= 0.6 is 0 Å². The van der Waals surface area contributed by atoms with E-state index in [0.717, 1.165) is 29.0 Å². The number of amides is 2. The molecule has 2 amide bonds. The molecule has 7 nitrogen and oxygen atoms in total. The molecule has 3 aromatic rings. The largest absolute Gasteiger partial charge is 0.495 e. The maximum atomic E-state index is 13.6. The summed E-state index contributed by atoms with van der Waals surface area (Å²) in [5, 5.41) is 17.2. The van der Waals surface area contributed by atoms with Crippen molar-refractivity contribution in [1.82, 2.24) is 0 Å². The summed E-state index contributed by atoms with van der Waals surface area (Å²) in [5.41, 5.74) is -4.20. The number of rotatable bonds is 6. The first-order valence-corrected chi connectivity index (χ1v) is 9.81. The molecule has 0 radical (unpaired) electrons. The molecular weight excluding hydrogens is 441 g/mol. The average Bonchev–Trinajstić information content (AvgIpc) is 2.78. The first-order chi connectivity index (χ1) is 15.6. The lowest BCUT2D eigenvalue weighted by atomic mass is 9.92. The van der Waals surface area contributed by atoms with Crippen LogP contribution in [0.25, 0.3) is 10.8 Å². The van der Waals surface area contributed by atoms with Gasteiger partial charge < -0.3 is 25.2 Å². The zero-order valence-corrected chi connectivity index (χ0v) is 17.7. The van der Waals surface area contributed by atoms with Crippen LogP contribution in [-0.4, -0.2) is 37.0 Å². The molecule has 0 fully saturated rings. The molecule has 0 aromatic heterocycles. The van der Waals surface area contributed by atoms with Crippen molar-refractivity contribution in [2.45, 2.75) is 18.7 Å². The van der Waals surface area contributed by atoms with Crippen molar-refractivity contribution in [3.8, 4) is 5.75 Å². The van der Waals surface area contributed by atoms with E-state index in [1.165, 1.54) is 14.0 Å². The summed E-state index contributed by atoms with van der Waals surface area (Å²) in [6.07, 6.45) is -5.35. The van der Waals surface area contributed by atoms with Gasteiger partial charge in [0.15, 0.2) is 0 Å². The van der Waals surface area contributed by atoms with E-state index in [1.807, 2.05) is 30.3 Å². The number of aliphatic hydroxyl groups is 1. The highest BCUT2D eigenvalue weighted by Crippen LogP contribution is 2.42. The zero-order valence-electron chi connectivity index (χ0n) is 17.7. The number of carbonyl (C=O) groups is 2. The van der Waals surface area contributed by atoms with Crippen molar-refractivity contribution in [2.24, 2.45) is 0 Å². The molecule has 0 unspecified atom stereocenters. The quantitative estimate of drug-likeness (QED) is 0.457. The molecule has 1 atom stereocenters. The second kappa shape index (κ2) is 9.37. The van der Waals surface area contributed by atoms with Crippen LogP contribution in [0.15, 0.2) is 60.7 Å². The Morgan fingerprint density at radius 1 is 0.970 bits per heavy atom. The Hall–Kier alpha value is -3.79. The number of carbonyl (C=O) groups excluding carboxylic acids is 2. The van der Waals surface area contributed by atoms with Crippen molar-refractivity contribution in [3.63, 3.8) is 0 Å². The Balaban J connectivity index is 1.85. The SMILES string of the molecule is CCOC(=O)[C@@](O)(c1ccc(NC(=O)Nc2ccc3ccccc3c2)c(OC)c1)C(F)(F)F. The summed E-state index contributed by atoms with van der Waals surface area (Å²) in [7, 11) is 1.17. The molecule has 0 aliphatic heterocycles. The number of anilines is 2. The highest BCUT2D eigenvalue weighted by atomic mass is 19.4. The number of methoxy groups -OCH3 is 1. The maximum Gasteiger partial charge on any atom is 0.432 e. The first kappa shape index (κ1) is 23.9. The number of hydrogen-bond donors (Lipinski definition) is 3. The fourth-order valence-corrected chi connectivity index (χ4v) is 3.20. The van der Waals surface area contributed by atoms with E-state index in [0.29, 0.717) is 5.69 Å². The molecule has 174 valence electrons. The van der Waals surface area contributed by atoms with Crippen LogP contribution in [0.4, 0.5) is 29.3 Å². The maximum absolute atomic E-state index is 13.6. The van der Waals surface area contributed by atoms with E-state index in [4.69, 9.17) is 4.74 Å². The molecule has 10 heteroatoms. The van der Waals surface area contributed by atoms with Crippen molar-refractivity contribution in [1.29, 1.82) is 0 Å². The topological polar surface area (TPSA) is 96.9 Å². The fraction of sp³-hybridized carbons (Fsp3) is 0.217. The minimum atomic E-state index is -5.35. The highest BCUT2D eigenvalue weighted by molar-refractivity contribution is 6.02. The summed E-state index contributed by atoms with van der Waals surface area (Å²) < 4.78 is 50.3. The van der Waals surface area contributed by atoms with Gasteiger partial charge in [0, 0.05) is 11.3 Å². The van der Waals surface area contributed by atoms with E-state index >= 15 is 0 Å². The third-order valence-corrected chi connectivity index (χ3v) is 4.86. The number of halogens is 3. The van der Waals surface area contributed by atoms with Gasteiger partial charge in [0.2, 0.25) is 0 Å². The van der Waals surface area contributed by atoms with Crippen LogP contribution < -0.4 is 15.4 Å². The molecule has 3 aromatic carbocycles. The molecule has 0 bridgehead atoms. The summed E-state index contributed by atoms with van der Waals surface area (Å²) in [4.78, 5) is 24.4. The Labute approximate surface area is 187 Å². The van der Waals surface area contributed by atoms with Gasteiger partial charge in [-0.3, -0.25) is 0 Å². The van der Waals surface area contributed by atoms with Gasteiger partial charge in [0.1, 0.15) is 5.75 Å². The lowest BCUT2D eigenvalue weighted by Gasteiger charge is -2.29. The summed E-state index contributed by atoms with van der Waals surface area (Å²) in [6, 6.07) is 14.9. The third kappa shape index (κ3) is 4.85. The van der Waals surface area contributed by atoms with Crippen LogP contribution in [-0.2, 0) is 15.1 Å². The van der Waals surface area contributed by atoms with E-state index in [1.54, 1.807) is 12.1 Å². The number of benzene rings is 3. The Bertz CT molecular complexity index is 1180. The van der Waals surface area contributed by atoms with Crippen LogP contribution in [0.3, 0.4) is 0 Å². The summed E-state index contributed by atoms with van der Waals surface area (Å²) in [6.45, 7) is 0.958. The number of fused-ring (bicyclic) bond motifs is 1. The lowest BCUT2D eigenvalue weighted by Crippen LogP contribution is -2.50. The molecule has 0 spiro atoms. The van der Waals surface area contributed by atoms with Crippen molar-refractivity contribution >= 4 is 34.1 Å². The van der Waals surface area contributed by atoms with Gasteiger partial charge in [-0.2, -0.15) is 13.2 Å². The van der Waals surface area contributed by atoms with E-state index in [2.05, 4.69) is 15.4 Å². The average molecular weight is 462 g/mol. The molecule has 3 N–H and O–H groups in total. The molecule has 0 heterocycles. The minimum Gasteiger partial charge on any atom is -0.495 e. The highest BCUT2D eigenvalue weighted by Gasteiger charge is 2.62. The van der Waals surface area contributed by atoms with E-state index in [9.17, 15) is 27.9 Å². The van der Waals surface area contributed by atoms with Crippen molar-refractivity contribution in [2.75, 3.05) is 24.4 Å². The van der Waals surface area contributed by atoms with Gasteiger partial charge in [0.25, 0.3) is 5.60 Å². The number of hydrogen-bond acceptors (Lipinski definition) is 5. The number of urea groups is 1. The number of esters is 1. The van der Waals surface area contributed by atoms with Gasteiger partial charge in [0.05, 0.1) is 19.4 Å². The number of ether oxygens (including phenoxy) is 2. The normalized spacial score (nSPS) is 13.2. The minimum absolute atomic E-state index is 0.0212. The molecule has 0 aliphatic carbocycles. The number of nitrogens with one attached hydrogen (secondary N) is 2. The predicted octanol–water partition coefficient (Wildman–Crippen LogP) is 4.81. The second-order valence-corrected chi connectivity index (χ2v) is 6.98. The molecular formula is C23H21F3N2O5. The van der Waals surface area contributed by atoms with Crippen LogP contribution in [0.2, 0.25) is 0 Å². The van der Waals surface area contributed by atoms with Crippen LogP contribution in [0.1, 0.15) is 12.5 Å².